The fraction of sp³-hybridized carbons (Fsp3) is 0.462. The van der Waals surface area contributed by atoms with Crippen molar-refractivity contribution >= 4 is 29.1 Å². The fourth-order valence-corrected chi connectivity index (χ4v) is 2.63. The molecule has 1 saturated carbocycles. The minimum Gasteiger partial charge on any atom is -0.356 e. The Balaban J connectivity index is 1.92. The Labute approximate surface area is 117 Å². The van der Waals surface area contributed by atoms with Crippen LogP contribution >= 0.6 is 23.2 Å². The number of hydrogen-bond acceptors (Lipinski definition) is 2. The second-order valence-electron chi connectivity index (χ2n) is 4.58. The number of rotatable bonds is 5. The van der Waals surface area contributed by atoms with Crippen LogP contribution in [0.1, 0.15) is 24.3 Å². The van der Waals surface area contributed by atoms with Crippen molar-refractivity contribution in [1.82, 2.24) is 5.32 Å². The van der Waals surface area contributed by atoms with E-state index in [1.54, 1.807) is 6.07 Å². The summed E-state index contributed by atoms with van der Waals surface area (Å²) in [6.07, 6.45) is 1.68. The summed E-state index contributed by atoms with van der Waals surface area (Å²) in [6.45, 7) is 1.24. The Kier molecular flexibility index (Phi) is 4.49. The van der Waals surface area contributed by atoms with Gasteiger partial charge in [0, 0.05) is 22.5 Å². The lowest BCUT2D eigenvalue weighted by atomic mass is 10.1. The summed E-state index contributed by atoms with van der Waals surface area (Å²) in [5.74, 6) is 0.404. The van der Waals surface area contributed by atoms with E-state index in [2.05, 4.69) is 5.32 Å². The van der Waals surface area contributed by atoms with E-state index in [0.29, 0.717) is 23.1 Å². The van der Waals surface area contributed by atoms with Crippen LogP contribution in [0.25, 0.3) is 0 Å². The molecule has 0 bridgehead atoms. The number of halogens is 2. The van der Waals surface area contributed by atoms with Crippen LogP contribution in [0.15, 0.2) is 18.2 Å². The molecule has 0 saturated heterocycles. The van der Waals surface area contributed by atoms with E-state index < -0.39 is 0 Å². The highest BCUT2D eigenvalue weighted by Gasteiger charge is 2.43. The van der Waals surface area contributed by atoms with Gasteiger partial charge in [-0.15, -0.1) is 0 Å². The maximum Gasteiger partial charge on any atom is 0.223 e. The van der Waals surface area contributed by atoms with Crippen molar-refractivity contribution in [3.8, 4) is 0 Å². The average molecular weight is 287 g/mol. The summed E-state index contributed by atoms with van der Waals surface area (Å²) in [4.78, 5) is 11.8. The van der Waals surface area contributed by atoms with Crippen molar-refractivity contribution < 1.29 is 4.79 Å². The van der Waals surface area contributed by atoms with Crippen LogP contribution in [0.4, 0.5) is 0 Å². The predicted octanol–water partition coefficient (Wildman–Crippen LogP) is 2.56. The van der Waals surface area contributed by atoms with Crippen molar-refractivity contribution in [2.75, 3.05) is 13.1 Å². The average Bonchev–Trinajstić information content (AvgIpc) is 3.07. The lowest BCUT2D eigenvalue weighted by molar-refractivity contribution is -0.122. The fourth-order valence-electron chi connectivity index (χ4n) is 2.09. The first kappa shape index (κ1) is 13.7. The van der Waals surface area contributed by atoms with E-state index in [4.69, 9.17) is 28.9 Å². The van der Waals surface area contributed by atoms with Crippen LogP contribution in [0.2, 0.25) is 10.0 Å². The van der Waals surface area contributed by atoms with E-state index in [1.165, 1.54) is 0 Å². The van der Waals surface area contributed by atoms with Gasteiger partial charge in [0.15, 0.2) is 0 Å². The first-order valence-corrected chi connectivity index (χ1v) is 6.81. The van der Waals surface area contributed by atoms with Gasteiger partial charge in [0.1, 0.15) is 0 Å². The molecule has 3 nitrogen and oxygen atoms in total. The van der Waals surface area contributed by atoms with E-state index in [-0.39, 0.29) is 17.7 Å². The van der Waals surface area contributed by atoms with Crippen LogP contribution in [-0.2, 0) is 4.79 Å². The van der Waals surface area contributed by atoms with Crippen LogP contribution < -0.4 is 11.1 Å². The van der Waals surface area contributed by atoms with Crippen LogP contribution in [0.5, 0.6) is 0 Å². The number of nitrogens with one attached hydrogen (secondary N) is 1. The Bertz CT molecular complexity index is 430. The molecule has 0 aromatic heterocycles. The summed E-state index contributed by atoms with van der Waals surface area (Å²) >= 11 is 11.9. The molecule has 0 spiro atoms. The van der Waals surface area contributed by atoms with Crippen molar-refractivity contribution in [3.63, 3.8) is 0 Å². The molecule has 1 amide bonds. The molecule has 2 rings (SSSR count). The van der Waals surface area contributed by atoms with Gasteiger partial charge in [-0.1, -0.05) is 23.2 Å². The first-order valence-electron chi connectivity index (χ1n) is 6.05. The summed E-state index contributed by atoms with van der Waals surface area (Å²) in [5.41, 5.74) is 6.43. The highest BCUT2D eigenvalue weighted by atomic mass is 35.5. The summed E-state index contributed by atoms with van der Waals surface area (Å²) in [7, 11) is 0. The van der Waals surface area contributed by atoms with Crippen LogP contribution in [-0.4, -0.2) is 19.0 Å². The van der Waals surface area contributed by atoms with Crippen molar-refractivity contribution in [1.29, 1.82) is 0 Å². The molecule has 1 fully saturated rings. The molecule has 18 heavy (non-hydrogen) atoms. The van der Waals surface area contributed by atoms with Crippen molar-refractivity contribution in [2.45, 2.75) is 18.8 Å². The molecule has 1 aliphatic rings. The normalized spacial score (nSPS) is 21.7. The molecule has 1 aromatic carbocycles. The molecule has 0 radical (unpaired) electrons. The van der Waals surface area contributed by atoms with Crippen LogP contribution in [0.3, 0.4) is 0 Å². The second-order valence-corrected chi connectivity index (χ2v) is 5.46. The van der Waals surface area contributed by atoms with Gasteiger partial charge in [-0.05, 0) is 49.1 Å². The first-order chi connectivity index (χ1) is 8.61. The zero-order chi connectivity index (χ0) is 13.1. The van der Waals surface area contributed by atoms with Gasteiger partial charge in [0.2, 0.25) is 5.91 Å². The highest BCUT2D eigenvalue weighted by molar-refractivity contribution is 6.34. The van der Waals surface area contributed by atoms with Gasteiger partial charge in [-0.2, -0.15) is 0 Å². The Morgan fingerprint density at radius 1 is 1.33 bits per heavy atom. The topological polar surface area (TPSA) is 55.1 Å². The summed E-state index contributed by atoms with van der Waals surface area (Å²) in [5, 5.41) is 4.12. The van der Waals surface area contributed by atoms with Gasteiger partial charge >= 0.3 is 0 Å². The zero-order valence-corrected chi connectivity index (χ0v) is 11.5. The molecule has 0 heterocycles. The molecule has 2 unspecified atom stereocenters. The minimum absolute atomic E-state index is 0.0531. The molecule has 5 heteroatoms. The molecule has 0 aliphatic heterocycles. The lowest BCUT2D eigenvalue weighted by Gasteiger charge is -2.04. The number of carbonyl (C=O) groups is 1. The predicted molar refractivity (Wildman–Crippen MR) is 74.0 cm³/mol. The maximum atomic E-state index is 11.8. The van der Waals surface area contributed by atoms with Crippen molar-refractivity contribution in [2.24, 2.45) is 11.7 Å². The van der Waals surface area contributed by atoms with E-state index in [0.717, 1.165) is 18.4 Å². The number of amides is 1. The number of hydrogen-bond donors (Lipinski definition) is 2. The molecule has 98 valence electrons. The third-order valence-electron chi connectivity index (χ3n) is 3.12. The minimum atomic E-state index is 0.0531. The van der Waals surface area contributed by atoms with Crippen molar-refractivity contribution in [3.05, 3.63) is 33.8 Å². The third kappa shape index (κ3) is 3.37. The van der Waals surface area contributed by atoms with E-state index >= 15 is 0 Å². The van der Waals surface area contributed by atoms with Gasteiger partial charge < -0.3 is 11.1 Å². The highest BCUT2D eigenvalue weighted by Crippen LogP contribution is 2.48. The third-order valence-corrected chi connectivity index (χ3v) is 3.56. The van der Waals surface area contributed by atoms with Gasteiger partial charge in [-0.25, -0.2) is 0 Å². The summed E-state index contributed by atoms with van der Waals surface area (Å²) in [6, 6.07) is 5.46. The second kappa shape index (κ2) is 5.91. The number of nitrogens with two attached hydrogens (primary N) is 1. The molecule has 3 N–H and O–H groups in total. The molecule has 1 aromatic rings. The Morgan fingerprint density at radius 3 is 2.61 bits per heavy atom. The number of carbonyl (C=O) groups excluding carboxylic acids is 1. The lowest BCUT2D eigenvalue weighted by Crippen LogP contribution is -2.27. The van der Waals surface area contributed by atoms with Crippen LogP contribution in [0, 0.1) is 5.92 Å². The standard InChI is InChI=1S/C13H16Cl2N2O/c14-9-4-8(5-10(15)6-9)11-7-12(11)13(18)17-3-1-2-16/h4-6,11-12H,1-3,7,16H2,(H,17,18). The largest absolute Gasteiger partial charge is 0.356 e. The molecular weight excluding hydrogens is 271 g/mol. The monoisotopic (exact) mass is 286 g/mol. The SMILES string of the molecule is NCCCNC(=O)C1CC1c1cc(Cl)cc(Cl)c1. The van der Waals surface area contributed by atoms with Gasteiger partial charge in [-0.3, -0.25) is 4.79 Å². The molecule has 1 aliphatic carbocycles. The Hall–Kier alpha value is -0.770. The molecule has 2 atom stereocenters. The van der Waals surface area contributed by atoms with E-state index in [1.807, 2.05) is 12.1 Å². The molecular formula is C13H16Cl2N2O. The smallest absolute Gasteiger partial charge is 0.223 e. The maximum absolute atomic E-state index is 11.8. The number of benzene rings is 1. The Morgan fingerprint density at radius 2 is 2.00 bits per heavy atom. The zero-order valence-electron chi connectivity index (χ0n) is 9.96. The van der Waals surface area contributed by atoms with Gasteiger partial charge in [0.05, 0.1) is 0 Å². The summed E-state index contributed by atoms with van der Waals surface area (Å²) < 4.78 is 0. The van der Waals surface area contributed by atoms with Gasteiger partial charge in [0.25, 0.3) is 0 Å². The quantitative estimate of drug-likeness (QED) is 0.818. The van der Waals surface area contributed by atoms with E-state index in [9.17, 15) is 4.79 Å².